The summed E-state index contributed by atoms with van der Waals surface area (Å²) < 4.78 is 0. The summed E-state index contributed by atoms with van der Waals surface area (Å²) in [5.74, 6) is 0. The van der Waals surface area contributed by atoms with Gasteiger partial charge in [0.2, 0.25) is 0 Å². The van der Waals surface area contributed by atoms with E-state index < -0.39 is 11.0 Å². The van der Waals surface area contributed by atoms with Gasteiger partial charge in [-0.05, 0) is 44.9 Å². The van der Waals surface area contributed by atoms with Gasteiger partial charge in [0.25, 0.3) is 0 Å². The standard InChI is InChI=1S/C12H21NO/c1-10(2)5-7-12(9-13,8-6-10)11(3,4)14/h14H,5-8H2,1-4H3. The maximum atomic E-state index is 10.0. The summed E-state index contributed by atoms with van der Waals surface area (Å²) in [5, 5.41) is 19.3. The van der Waals surface area contributed by atoms with Crippen LogP contribution < -0.4 is 0 Å². The van der Waals surface area contributed by atoms with Crippen molar-refractivity contribution in [3.63, 3.8) is 0 Å². The van der Waals surface area contributed by atoms with Crippen molar-refractivity contribution >= 4 is 0 Å². The Labute approximate surface area is 86.9 Å². The zero-order valence-corrected chi connectivity index (χ0v) is 9.72. The predicted molar refractivity (Wildman–Crippen MR) is 56.6 cm³/mol. The lowest BCUT2D eigenvalue weighted by atomic mass is 9.60. The smallest absolute Gasteiger partial charge is 0.0855 e. The lowest BCUT2D eigenvalue weighted by molar-refractivity contribution is -0.0574. The molecular formula is C12H21NO. The van der Waals surface area contributed by atoms with Crippen molar-refractivity contribution in [1.82, 2.24) is 0 Å². The molecule has 0 saturated heterocycles. The summed E-state index contributed by atoms with van der Waals surface area (Å²) in [4.78, 5) is 0. The van der Waals surface area contributed by atoms with E-state index in [2.05, 4.69) is 19.9 Å². The zero-order valence-electron chi connectivity index (χ0n) is 9.72. The van der Waals surface area contributed by atoms with Crippen LogP contribution in [0.4, 0.5) is 0 Å². The maximum Gasteiger partial charge on any atom is 0.0855 e. The minimum Gasteiger partial charge on any atom is -0.389 e. The molecule has 1 fully saturated rings. The molecule has 0 heterocycles. The molecule has 0 aromatic rings. The molecule has 80 valence electrons. The fourth-order valence-corrected chi connectivity index (χ4v) is 2.21. The predicted octanol–water partition coefficient (Wildman–Crippen LogP) is 2.87. The Morgan fingerprint density at radius 2 is 1.57 bits per heavy atom. The van der Waals surface area contributed by atoms with Crippen molar-refractivity contribution in [1.29, 1.82) is 5.26 Å². The zero-order chi connectivity index (χ0) is 11.0. The molecule has 0 spiro atoms. The summed E-state index contributed by atoms with van der Waals surface area (Å²) in [6, 6.07) is 2.35. The van der Waals surface area contributed by atoms with E-state index in [4.69, 9.17) is 0 Å². The largest absolute Gasteiger partial charge is 0.389 e. The lowest BCUT2D eigenvalue weighted by Crippen LogP contribution is -2.46. The summed E-state index contributed by atoms with van der Waals surface area (Å²) >= 11 is 0. The third-order valence-electron chi connectivity index (χ3n) is 3.84. The van der Waals surface area contributed by atoms with E-state index in [1.807, 2.05) is 0 Å². The summed E-state index contributed by atoms with van der Waals surface area (Å²) in [7, 11) is 0. The van der Waals surface area contributed by atoms with Crippen LogP contribution in [0.3, 0.4) is 0 Å². The van der Waals surface area contributed by atoms with Crippen LogP contribution in [0.1, 0.15) is 53.4 Å². The highest BCUT2D eigenvalue weighted by molar-refractivity contribution is 5.10. The summed E-state index contributed by atoms with van der Waals surface area (Å²) in [6.07, 6.45) is 3.70. The molecule has 0 aromatic heterocycles. The molecule has 0 bridgehead atoms. The first-order chi connectivity index (χ1) is 6.22. The van der Waals surface area contributed by atoms with Crippen molar-refractivity contribution in [2.45, 2.75) is 59.0 Å². The topological polar surface area (TPSA) is 44.0 Å². The van der Waals surface area contributed by atoms with E-state index in [1.54, 1.807) is 13.8 Å². The average molecular weight is 195 g/mol. The fraction of sp³-hybridized carbons (Fsp3) is 0.917. The monoisotopic (exact) mass is 195 g/mol. The molecule has 14 heavy (non-hydrogen) atoms. The van der Waals surface area contributed by atoms with Gasteiger partial charge in [0, 0.05) is 0 Å². The molecule has 2 heteroatoms. The third kappa shape index (κ3) is 1.93. The molecule has 0 atom stereocenters. The highest BCUT2D eigenvalue weighted by atomic mass is 16.3. The molecule has 0 radical (unpaired) electrons. The second-order valence-electron chi connectivity index (χ2n) is 5.92. The number of hydrogen-bond donors (Lipinski definition) is 1. The van der Waals surface area contributed by atoms with Gasteiger partial charge < -0.3 is 5.11 Å². The first-order valence-electron chi connectivity index (χ1n) is 5.36. The fourth-order valence-electron chi connectivity index (χ4n) is 2.21. The molecule has 0 amide bonds. The van der Waals surface area contributed by atoms with Gasteiger partial charge in [-0.3, -0.25) is 0 Å². The SMILES string of the molecule is CC1(C)CCC(C#N)(C(C)(C)O)CC1. The van der Waals surface area contributed by atoms with Crippen LogP contribution in [-0.4, -0.2) is 10.7 Å². The van der Waals surface area contributed by atoms with Gasteiger partial charge in [-0.25, -0.2) is 0 Å². The summed E-state index contributed by atoms with van der Waals surface area (Å²) in [5.41, 5.74) is -1.06. The Morgan fingerprint density at radius 3 is 1.86 bits per heavy atom. The molecular weight excluding hydrogens is 174 g/mol. The molecule has 1 aliphatic carbocycles. The number of nitriles is 1. The van der Waals surface area contributed by atoms with Crippen LogP contribution in [0.25, 0.3) is 0 Å². The molecule has 1 N–H and O–H groups in total. The van der Waals surface area contributed by atoms with Crippen molar-refractivity contribution in [3.05, 3.63) is 0 Å². The highest BCUT2D eigenvalue weighted by Crippen LogP contribution is 2.49. The van der Waals surface area contributed by atoms with Crippen LogP contribution in [0, 0.1) is 22.2 Å². The van der Waals surface area contributed by atoms with Gasteiger partial charge in [0.05, 0.1) is 17.1 Å². The van der Waals surface area contributed by atoms with Gasteiger partial charge in [0.1, 0.15) is 0 Å². The number of hydrogen-bond acceptors (Lipinski definition) is 2. The second-order valence-corrected chi connectivity index (χ2v) is 5.92. The number of aliphatic hydroxyl groups is 1. The Hall–Kier alpha value is -0.550. The Balaban J connectivity index is 2.84. The van der Waals surface area contributed by atoms with E-state index in [9.17, 15) is 10.4 Å². The second kappa shape index (κ2) is 3.24. The quantitative estimate of drug-likeness (QED) is 0.699. The van der Waals surface area contributed by atoms with Crippen molar-refractivity contribution in [3.8, 4) is 6.07 Å². The van der Waals surface area contributed by atoms with Crippen LogP contribution in [0.5, 0.6) is 0 Å². The van der Waals surface area contributed by atoms with Crippen LogP contribution in [0.2, 0.25) is 0 Å². The molecule has 0 aromatic carbocycles. The normalized spacial score (nSPS) is 25.4. The van der Waals surface area contributed by atoms with E-state index in [-0.39, 0.29) is 0 Å². The van der Waals surface area contributed by atoms with E-state index in [0.29, 0.717) is 5.41 Å². The Bertz CT molecular complexity index is 244. The summed E-state index contributed by atoms with van der Waals surface area (Å²) in [6.45, 7) is 7.99. The number of rotatable bonds is 1. The average Bonchev–Trinajstić information content (AvgIpc) is 2.03. The first-order valence-corrected chi connectivity index (χ1v) is 5.36. The van der Waals surface area contributed by atoms with Crippen molar-refractivity contribution < 1.29 is 5.11 Å². The minimum atomic E-state index is -0.877. The lowest BCUT2D eigenvalue weighted by Gasteiger charge is -2.45. The van der Waals surface area contributed by atoms with Gasteiger partial charge in [0.15, 0.2) is 0 Å². The molecule has 0 unspecified atom stereocenters. The number of nitrogens with zero attached hydrogens (tertiary/aromatic N) is 1. The van der Waals surface area contributed by atoms with Gasteiger partial charge >= 0.3 is 0 Å². The van der Waals surface area contributed by atoms with Gasteiger partial charge in [-0.1, -0.05) is 13.8 Å². The highest BCUT2D eigenvalue weighted by Gasteiger charge is 2.48. The van der Waals surface area contributed by atoms with E-state index >= 15 is 0 Å². The third-order valence-corrected chi connectivity index (χ3v) is 3.84. The maximum absolute atomic E-state index is 10.0. The van der Waals surface area contributed by atoms with Crippen molar-refractivity contribution in [2.75, 3.05) is 0 Å². The molecule has 1 rings (SSSR count). The van der Waals surface area contributed by atoms with E-state index in [1.165, 1.54) is 0 Å². The van der Waals surface area contributed by atoms with Crippen LogP contribution >= 0.6 is 0 Å². The van der Waals surface area contributed by atoms with Crippen LogP contribution in [0.15, 0.2) is 0 Å². The molecule has 2 nitrogen and oxygen atoms in total. The van der Waals surface area contributed by atoms with E-state index in [0.717, 1.165) is 25.7 Å². The minimum absolute atomic E-state index is 0.339. The molecule has 1 aliphatic rings. The Kier molecular flexibility index (Phi) is 2.67. The Morgan fingerprint density at radius 1 is 1.14 bits per heavy atom. The first kappa shape index (κ1) is 11.5. The molecule has 1 saturated carbocycles. The van der Waals surface area contributed by atoms with Crippen LogP contribution in [-0.2, 0) is 0 Å². The van der Waals surface area contributed by atoms with Gasteiger partial charge in [-0.15, -0.1) is 0 Å². The molecule has 0 aliphatic heterocycles. The van der Waals surface area contributed by atoms with Crippen molar-refractivity contribution in [2.24, 2.45) is 10.8 Å². The van der Waals surface area contributed by atoms with Gasteiger partial charge in [-0.2, -0.15) is 5.26 Å².